The fourth-order valence-electron chi connectivity index (χ4n) is 1.37. The molecule has 2 aromatic rings. The van der Waals surface area contributed by atoms with E-state index in [9.17, 15) is 8.78 Å². The van der Waals surface area contributed by atoms with Crippen LogP contribution in [0.15, 0.2) is 28.8 Å². The average molecular weight is 224 g/mol. The molecule has 0 fully saturated rings. The maximum absolute atomic E-state index is 13.0. The molecule has 0 aliphatic carbocycles. The molecule has 0 radical (unpaired) electrons. The second-order valence-corrected chi connectivity index (χ2v) is 3.31. The van der Waals surface area contributed by atoms with E-state index in [1.54, 1.807) is 7.05 Å². The second kappa shape index (κ2) is 4.40. The summed E-state index contributed by atoms with van der Waals surface area (Å²) in [5, 5.41) is 2.87. The number of rotatable bonds is 3. The predicted octanol–water partition coefficient (Wildman–Crippen LogP) is 2.34. The van der Waals surface area contributed by atoms with Crippen molar-refractivity contribution in [3.05, 3.63) is 41.9 Å². The summed E-state index contributed by atoms with van der Waals surface area (Å²) in [5.74, 6) is -0.450. The lowest BCUT2D eigenvalue weighted by Gasteiger charge is -1.97. The first-order valence-corrected chi connectivity index (χ1v) is 4.75. The summed E-state index contributed by atoms with van der Waals surface area (Å²) in [6.07, 6.45) is 1.45. The fourth-order valence-corrected chi connectivity index (χ4v) is 1.37. The van der Waals surface area contributed by atoms with E-state index in [0.717, 1.165) is 6.07 Å². The van der Waals surface area contributed by atoms with Crippen molar-refractivity contribution in [3.63, 3.8) is 0 Å². The third-order valence-corrected chi connectivity index (χ3v) is 2.03. The zero-order valence-electron chi connectivity index (χ0n) is 8.63. The summed E-state index contributed by atoms with van der Waals surface area (Å²) in [7, 11) is 1.76. The van der Waals surface area contributed by atoms with Crippen LogP contribution in [0.3, 0.4) is 0 Å². The molecule has 0 unspecified atom stereocenters. The lowest BCUT2D eigenvalue weighted by molar-refractivity contribution is 0.489. The van der Waals surface area contributed by atoms with Gasteiger partial charge < -0.3 is 9.73 Å². The first-order chi connectivity index (χ1) is 7.69. The van der Waals surface area contributed by atoms with Crippen LogP contribution in [0.4, 0.5) is 8.78 Å². The fraction of sp³-hybridized carbons (Fsp3) is 0.182. The maximum Gasteiger partial charge on any atom is 0.208 e. The van der Waals surface area contributed by atoms with Crippen LogP contribution in [-0.2, 0) is 6.54 Å². The lowest BCUT2D eigenvalue weighted by atomic mass is 10.2. The smallest absolute Gasteiger partial charge is 0.208 e. The van der Waals surface area contributed by atoms with Gasteiger partial charge in [0.05, 0.1) is 12.7 Å². The molecule has 0 saturated carbocycles. The van der Waals surface area contributed by atoms with E-state index in [4.69, 9.17) is 4.42 Å². The molecule has 1 heterocycles. The molecule has 3 nitrogen and oxygen atoms in total. The Bertz CT molecular complexity index is 476. The first kappa shape index (κ1) is 10.8. The molecule has 0 atom stereocenters. The Balaban J connectivity index is 2.34. The molecule has 1 aromatic heterocycles. The van der Waals surface area contributed by atoms with E-state index in [1.165, 1.54) is 18.3 Å². The number of benzene rings is 1. The predicted molar refractivity (Wildman–Crippen MR) is 54.6 cm³/mol. The molecule has 0 aliphatic rings. The van der Waals surface area contributed by atoms with Gasteiger partial charge in [-0.2, -0.15) is 0 Å². The van der Waals surface area contributed by atoms with Crippen LogP contribution >= 0.6 is 0 Å². The van der Waals surface area contributed by atoms with Crippen molar-refractivity contribution in [1.82, 2.24) is 10.3 Å². The van der Waals surface area contributed by atoms with Crippen molar-refractivity contribution >= 4 is 0 Å². The molecule has 0 spiro atoms. The van der Waals surface area contributed by atoms with E-state index < -0.39 is 11.6 Å². The number of hydrogen-bond donors (Lipinski definition) is 1. The van der Waals surface area contributed by atoms with Gasteiger partial charge in [-0.1, -0.05) is 0 Å². The number of hydrogen-bond acceptors (Lipinski definition) is 3. The highest BCUT2D eigenvalue weighted by atomic mass is 19.1. The van der Waals surface area contributed by atoms with E-state index in [1.807, 2.05) is 0 Å². The van der Waals surface area contributed by atoms with Crippen molar-refractivity contribution in [2.45, 2.75) is 6.54 Å². The first-order valence-electron chi connectivity index (χ1n) is 4.75. The number of halogens is 2. The number of nitrogens with zero attached hydrogens (tertiary/aromatic N) is 1. The summed E-state index contributed by atoms with van der Waals surface area (Å²) in [6, 6.07) is 3.22. The van der Waals surface area contributed by atoms with Crippen molar-refractivity contribution in [2.24, 2.45) is 0 Å². The molecule has 16 heavy (non-hydrogen) atoms. The van der Waals surface area contributed by atoms with E-state index >= 15 is 0 Å². The monoisotopic (exact) mass is 224 g/mol. The summed E-state index contributed by atoms with van der Waals surface area (Å²) in [6.45, 7) is 0.470. The standard InChI is InChI=1S/C11H10F2N2O/c1-14-6-11-15-5-10(16-11)7-2-8(12)4-9(13)3-7/h2-5,14H,6H2,1H3. The highest BCUT2D eigenvalue weighted by Gasteiger charge is 2.08. The SMILES string of the molecule is CNCc1ncc(-c2cc(F)cc(F)c2)o1. The Hall–Kier alpha value is -1.75. The molecule has 0 bridgehead atoms. The van der Waals surface area contributed by atoms with Crippen molar-refractivity contribution in [1.29, 1.82) is 0 Å². The van der Waals surface area contributed by atoms with Crippen molar-refractivity contribution < 1.29 is 13.2 Å². The van der Waals surface area contributed by atoms with Gasteiger partial charge in [0, 0.05) is 11.6 Å². The van der Waals surface area contributed by atoms with Gasteiger partial charge in [-0.15, -0.1) is 0 Å². The number of aromatic nitrogens is 1. The molecule has 0 aliphatic heterocycles. The van der Waals surface area contributed by atoms with Crippen LogP contribution in [0.5, 0.6) is 0 Å². The minimum Gasteiger partial charge on any atom is -0.439 e. The Morgan fingerprint density at radius 3 is 2.56 bits per heavy atom. The second-order valence-electron chi connectivity index (χ2n) is 3.31. The Morgan fingerprint density at radius 1 is 1.25 bits per heavy atom. The topological polar surface area (TPSA) is 38.1 Å². The van der Waals surface area contributed by atoms with E-state index in [0.29, 0.717) is 23.8 Å². The molecule has 5 heteroatoms. The van der Waals surface area contributed by atoms with Crippen LogP contribution in [0, 0.1) is 11.6 Å². The molecule has 1 aromatic carbocycles. The van der Waals surface area contributed by atoms with E-state index in [-0.39, 0.29) is 0 Å². The van der Waals surface area contributed by atoms with Crippen LogP contribution < -0.4 is 5.32 Å². The average Bonchev–Trinajstić information content (AvgIpc) is 2.65. The van der Waals surface area contributed by atoms with Gasteiger partial charge in [0.25, 0.3) is 0 Å². The Morgan fingerprint density at radius 2 is 1.94 bits per heavy atom. The molecular formula is C11H10F2N2O. The van der Waals surface area contributed by atoms with Crippen molar-refractivity contribution in [3.8, 4) is 11.3 Å². The minimum atomic E-state index is -0.637. The summed E-state index contributed by atoms with van der Waals surface area (Å²) < 4.78 is 31.2. The van der Waals surface area contributed by atoms with Crippen LogP contribution in [0.1, 0.15) is 5.89 Å². The highest BCUT2D eigenvalue weighted by molar-refractivity contribution is 5.56. The van der Waals surface area contributed by atoms with Crippen molar-refractivity contribution in [2.75, 3.05) is 7.05 Å². The molecule has 2 rings (SSSR count). The molecule has 0 saturated heterocycles. The Kier molecular flexibility index (Phi) is 2.96. The maximum atomic E-state index is 13.0. The van der Waals surface area contributed by atoms with Crippen LogP contribution in [0.25, 0.3) is 11.3 Å². The van der Waals surface area contributed by atoms with Gasteiger partial charge in [0.1, 0.15) is 11.6 Å². The molecule has 1 N–H and O–H groups in total. The van der Waals surface area contributed by atoms with Gasteiger partial charge in [0.2, 0.25) is 5.89 Å². The molecule has 0 amide bonds. The quantitative estimate of drug-likeness (QED) is 0.869. The minimum absolute atomic E-state index is 0.340. The third kappa shape index (κ3) is 2.25. The highest BCUT2D eigenvalue weighted by Crippen LogP contribution is 2.22. The van der Waals surface area contributed by atoms with Gasteiger partial charge in [-0.3, -0.25) is 0 Å². The molecular weight excluding hydrogens is 214 g/mol. The lowest BCUT2D eigenvalue weighted by Crippen LogP contribution is -2.04. The van der Waals surface area contributed by atoms with Gasteiger partial charge in [-0.05, 0) is 19.2 Å². The summed E-state index contributed by atoms with van der Waals surface area (Å²) in [4.78, 5) is 3.97. The zero-order valence-corrected chi connectivity index (χ0v) is 8.63. The van der Waals surface area contributed by atoms with Crippen LogP contribution in [0.2, 0.25) is 0 Å². The largest absolute Gasteiger partial charge is 0.439 e. The third-order valence-electron chi connectivity index (χ3n) is 2.03. The normalized spacial score (nSPS) is 10.7. The van der Waals surface area contributed by atoms with Gasteiger partial charge in [0.15, 0.2) is 5.76 Å². The zero-order chi connectivity index (χ0) is 11.5. The summed E-state index contributed by atoms with van der Waals surface area (Å²) in [5.41, 5.74) is 0.340. The molecule has 84 valence electrons. The number of nitrogens with one attached hydrogen (secondary N) is 1. The van der Waals surface area contributed by atoms with Gasteiger partial charge in [-0.25, -0.2) is 13.8 Å². The number of oxazole rings is 1. The van der Waals surface area contributed by atoms with Gasteiger partial charge >= 0.3 is 0 Å². The Labute approximate surface area is 91.1 Å². The van der Waals surface area contributed by atoms with Crippen LogP contribution in [-0.4, -0.2) is 12.0 Å². The summed E-state index contributed by atoms with van der Waals surface area (Å²) >= 11 is 0. The van der Waals surface area contributed by atoms with E-state index in [2.05, 4.69) is 10.3 Å².